The molecule has 1 unspecified atom stereocenters. The highest BCUT2D eigenvalue weighted by Crippen LogP contribution is 2.33. The molecule has 1 fully saturated rings. The van der Waals surface area contributed by atoms with Gasteiger partial charge in [-0.05, 0) is 37.6 Å². The maximum absolute atomic E-state index is 5.46. The molecular weight excluding hydrogens is 366 g/mol. The van der Waals surface area contributed by atoms with Crippen LogP contribution in [-0.4, -0.2) is 64.0 Å². The van der Waals surface area contributed by atoms with Crippen molar-refractivity contribution in [2.75, 3.05) is 40.0 Å². The van der Waals surface area contributed by atoms with Crippen molar-refractivity contribution >= 4 is 0 Å². The topological polar surface area (TPSA) is 57.3 Å². The summed E-state index contributed by atoms with van der Waals surface area (Å²) in [5.41, 5.74) is 3.06. The minimum Gasteiger partial charge on any atom is -0.497 e. The van der Waals surface area contributed by atoms with E-state index in [1.54, 1.807) is 7.11 Å². The number of methoxy groups -OCH3 is 1. The van der Waals surface area contributed by atoms with Crippen LogP contribution in [0.1, 0.15) is 19.4 Å². The van der Waals surface area contributed by atoms with Crippen molar-refractivity contribution in [3.8, 4) is 28.5 Å². The van der Waals surface area contributed by atoms with Gasteiger partial charge in [-0.1, -0.05) is 0 Å². The summed E-state index contributed by atoms with van der Waals surface area (Å²) in [6.07, 6.45) is 6.81. The third-order valence-corrected chi connectivity index (χ3v) is 5.63. The summed E-state index contributed by atoms with van der Waals surface area (Å²) in [5, 5.41) is 0. The molecule has 0 saturated carbocycles. The molecule has 0 bridgehead atoms. The zero-order valence-electron chi connectivity index (χ0n) is 17.4. The van der Waals surface area contributed by atoms with Gasteiger partial charge in [0.1, 0.15) is 11.4 Å². The first-order valence-electron chi connectivity index (χ1n) is 10.2. The van der Waals surface area contributed by atoms with Crippen molar-refractivity contribution in [2.24, 2.45) is 7.05 Å². The third kappa shape index (κ3) is 4.21. The van der Waals surface area contributed by atoms with Gasteiger partial charge in [-0.2, -0.15) is 0 Å². The molecule has 7 heteroatoms. The van der Waals surface area contributed by atoms with Gasteiger partial charge in [-0.15, -0.1) is 0 Å². The summed E-state index contributed by atoms with van der Waals surface area (Å²) >= 11 is 0. The van der Waals surface area contributed by atoms with Gasteiger partial charge < -0.3 is 18.6 Å². The highest BCUT2D eigenvalue weighted by Gasteiger charge is 2.22. The number of morpholine rings is 1. The number of imidazole rings is 2. The molecule has 0 amide bonds. The number of hydrogen-bond acceptors (Lipinski definition) is 5. The standard InChI is InChI=1S/C22H29N5O2/c1-17(8-10-26-12-14-29-15-13-26)27-16-24-20(18-4-6-19(28-3)7-5-18)21(27)22-23-9-11-25(22)2/h4-7,9,11,16-17H,8,10,12-15H2,1-3H3. The van der Waals surface area contributed by atoms with Crippen molar-refractivity contribution in [2.45, 2.75) is 19.4 Å². The Morgan fingerprint density at radius 3 is 2.55 bits per heavy atom. The zero-order chi connectivity index (χ0) is 20.2. The van der Waals surface area contributed by atoms with Crippen molar-refractivity contribution in [1.29, 1.82) is 0 Å². The monoisotopic (exact) mass is 395 g/mol. The Morgan fingerprint density at radius 1 is 1.14 bits per heavy atom. The van der Waals surface area contributed by atoms with Gasteiger partial charge in [0.25, 0.3) is 0 Å². The number of aryl methyl sites for hydroxylation is 1. The van der Waals surface area contributed by atoms with Crippen LogP contribution in [0, 0.1) is 0 Å². The van der Waals surface area contributed by atoms with Gasteiger partial charge in [0.05, 0.1) is 32.3 Å². The van der Waals surface area contributed by atoms with E-state index in [-0.39, 0.29) is 0 Å². The van der Waals surface area contributed by atoms with Crippen LogP contribution in [0.4, 0.5) is 0 Å². The van der Waals surface area contributed by atoms with Crippen LogP contribution in [0.5, 0.6) is 5.75 Å². The van der Waals surface area contributed by atoms with E-state index in [0.29, 0.717) is 6.04 Å². The van der Waals surface area contributed by atoms with Gasteiger partial charge in [0.2, 0.25) is 0 Å². The molecule has 1 aliphatic rings. The van der Waals surface area contributed by atoms with E-state index in [9.17, 15) is 0 Å². The van der Waals surface area contributed by atoms with Crippen molar-refractivity contribution in [3.63, 3.8) is 0 Å². The molecule has 0 N–H and O–H groups in total. The molecule has 0 aliphatic carbocycles. The fourth-order valence-corrected chi connectivity index (χ4v) is 3.80. The molecule has 4 rings (SSSR count). The first-order chi connectivity index (χ1) is 14.2. The van der Waals surface area contributed by atoms with Crippen molar-refractivity contribution in [1.82, 2.24) is 24.0 Å². The summed E-state index contributed by atoms with van der Waals surface area (Å²) in [4.78, 5) is 11.9. The Balaban J connectivity index is 1.64. The van der Waals surface area contributed by atoms with Crippen LogP contribution in [0.3, 0.4) is 0 Å². The number of rotatable bonds is 7. The molecule has 1 saturated heterocycles. The van der Waals surface area contributed by atoms with E-state index in [1.807, 2.05) is 37.9 Å². The summed E-state index contributed by atoms with van der Waals surface area (Å²) in [5.74, 6) is 1.76. The van der Waals surface area contributed by atoms with Crippen LogP contribution in [0.2, 0.25) is 0 Å². The largest absolute Gasteiger partial charge is 0.497 e. The molecule has 1 aliphatic heterocycles. The third-order valence-electron chi connectivity index (χ3n) is 5.63. The number of nitrogens with zero attached hydrogens (tertiary/aromatic N) is 5. The highest BCUT2D eigenvalue weighted by molar-refractivity contribution is 5.76. The first kappa shape index (κ1) is 19.7. The van der Waals surface area contributed by atoms with Gasteiger partial charge in [0, 0.05) is 50.7 Å². The minimum atomic E-state index is 0.309. The van der Waals surface area contributed by atoms with Gasteiger partial charge >= 0.3 is 0 Å². The Labute approximate surface area is 171 Å². The van der Waals surface area contributed by atoms with E-state index < -0.39 is 0 Å². The second-order valence-corrected chi connectivity index (χ2v) is 7.53. The van der Waals surface area contributed by atoms with Gasteiger partial charge in [-0.25, -0.2) is 9.97 Å². The summed E-state index contributed by atoms with van der Waals surface area (Å²) in [7, 11) is 3.70. The molecule has 1 aromatic carbocycles. The van der Waals surface area contributed by atoms with E-state index in [2.05, 4.69) is 38.1 Å². The summed E-state index contributed by atoms with van der Waals surface area (Å²) in [6.45, 7) is 7.01. The predicted molar refractivity (Wildman–Crippen MR) is 113 cm³/mol. The average Bonchev–Trinajstić information content (AvgIpc) is 3.38. The molecule has 154 valence electrons. The quantitative estimate of drug-likeness (QED) is 0.615. The second-order valence-electron chi connectivity index (χ2n) is 7.53. The molecule has 7 nitrogen and oxygen atoms in total. The van der Waals surface area contributed by atoms with Gasteiger partial charge in [0.15, 0.2) is 5.82 Å². The number of aromatic nitrogens is 4. The predicted octanol–water partition coefficient (Wildman–Crippen LogP) is 3.24. The summed E-state index contributed by atoms with van der Waals surface area (Å²) in [6, 6.07) is 8.35. The lowest BCUT2D eigenvalue weighted by molar-refractivity contribution is 0.0359. The molecule has 29 heavy (non-hydrogen) atoms. The Morgan fingerprint density at radius 2 is 1.90 bits per heavy atom. The summed E-state index contributed by atoms with van der Waals surface area (Å²) < 4.78 is 15.1. The van der Waals surface area contributed by atoms with Crippen LogP contribution < -0.4 is 4.74 Å². The maximum Gasteiger partial charge on any atom is 0.158 e. The van der Waals surface area contributed by atoms with E-state index in [4.69, 9.17) is 14.5 Å². The molecule has 0 radical (unpaired) electrons. The first-order valence-corrected chi connectivity index (χ1v) is 10.2. The second kappa shape index (κ2) is 8.80. The van der Waals surface area contributed by atoms with E-state index in [0.717, 1.165) is 67.8 Å². The molecule has 3 aromatic rings. The van der Waals surface area contributed by atoms with Gasteiger partial charge in [-0.3, -0.25) is 4.90 Å². The van der Waals surface area contributed by atoms with E-state index in [1.165, 1.54) is 0 Å². The van der Waals surface area contributed by atoms with Crippen LogP contribution >= 0.6 is 0 Å². The fourth-order valence-electron chi connectivity index (χ4n) is 3.80. The Kier molecular flexibility index (Phi) is 5.97. The van der Waals surface area contributed by atoms with Crippen molar-refractivity contribution < 1.29 is 9.47 Å². The molecule has 2 aromatic heterocycles. The zero-order valence-corrected chi connectivity index (χ0v) is 17.4. The van der Waals surface area contributed by atoms with Crippen LogP contribution in [0.15, 0.2) is 43.0 Å². The normalized spacial score (nSPS) is 16.1. The smallest absolute Gasteiger partial charge is 0.158 e. The van der Waals surface area contributed by atoms with Crippen LogP contribution in [-0.2, 0) is 11.8 Å². The number of hydrogen-bond donors (Lipinski definition) is 0. The average molecular weight is 396 g/mol. The lowest BCUT2D eigenvalue weighted by Gasteiger charge is -2.28. The molecule has 1 atom stereocenters. The molecular formula is C22H29N5O2. The lowest BCUT2D eigenvalue weighted by Crippen LogP contribution is -2.37. The van der Waals surface area contributed by atoms with E-state index >= 15 is 0 Å². The maximum atomic E-state index is 5.46. The minimum absolute atomic E-state index is 0.309. The van der Waals surface area contributed by atoms with Crippen LogP contribution in [0.25, 0.3) is 22.8 Å². The molecule has 3 heterocycles. The molecule has 0 spiro atoms. The highest BCUT2D eigenvalue weighted by atomic mass is 16.5. The lowest BCUT2D eigenvalue weighted by atomic mass is 10.1. The van der Waals surface area contributed by atoms with Crippen molar-refractivity contribution in [3.05, 3.63) is 43.0 Å². The SMILES string of the molecule is COc1ccc(-c2ncn(C(C)CCN3CCOCC3)c2-c2nccn2C)cc1. The Bertz CT molecular complexity index is 925. The number of ether oxygens (including phenoxy) is 2. The Hall–Kier alpha value is -2.64. The number of benzene rings is 1. The fraction of sp³-hybridized carbons (Fsp3) is 0.455.